The number of piperidine rings is 1. The minimum absolute atomic E-state index is 0.235. The second-order valence-electron chi connectivity index (χ2n) is 6.10. The first-order valence-electron chi connectivity index (χ1n) is 6.85. The summed E-state index contributed by atoms with van der Waals surface area (Å²) < 4.78 is 0. The molecule has 0 N–H and O–H groups in total. The monoisotopic (exact) mass is 293 g/mol. The van der Waals surface area contributed by atoms with Gasteiger partial charge in [0, 0.05) is 16.4 Å². The summed E-state index contributed by atoms with van der Waals surface area (Å²) in [6.45, 7) is 4.20. The van der Waals surface area contributed by atoms with Gasteiger partial charge >= 0.3 is 0 Å². The van der Waals surface area contributed by atoms with Crippen LogP contribution in [-0.2, 0) is 6.54 Å². The first-order chi connectivity index (χ1) is 9.82. The van der Waals surface area contributed by atoms with Crippen LogP contribution < -0.4 is 0 Å². The lowest BCUT2D eigenvalue weighted by Gasteiger charge is -2.40. The Balaban J connectivity index is 2.22. The molecular formula is C14H19N3O4. The van der Waals surface area contributed by atoms with E-state index < -0.39 is 17.5 Å². The molecule has 7 nitrogen and oxygen atoms in total. The summed E-state index contributed by atoms with van der Waals surface area (Å²) in [4.78, 5) is 23.6. The molecule has 0 saturated carbocycles. The topological polar surface area (TPSA) is 89.5 Å². The number of rotatable bonds is 4. The Kier molecular flexibility index (Phi) is 4.22. The van der Waals surface area contributed by atoms with Gasteiger partial charge in [0.2, 0.25) is 12.1 Å². The SMILES string of the molecule is CC1(C)[C@@H]([N+](=O)[O-])CN(Cc2ccccc2)C[C@H]1[N+](=O)[O-]. The molecule has 1 aliphatic rings. The smallest absolute Gasteiger partial charge is 0.237 e. The largest absolute Gasteiger partial charge is 0.286 e. The lowest BCUT2D eigenvalue weighted by Crippen LogP contribution is -2.61. The molecule has 7 heteroatoms. The first-order valence-corrected chi connectivity index (χ1v) is 6.85. The Hall–Kier alpha value is -2.02. The van der Waals surface area contributed by atoms with E-state index in [-0.39, 0.29) is 22.9 Å². The van der Waals surface area contributed by atoms with E-state index in [2.05, 4.69) is 0 Å². The van der Waals surface area contributed by atoms with Gasteiger partial charge in [-0.25, -0.2) is 0 Å². The maximum absolute atomic E-state index is 11.3. The third-order valence-corrected chi connectivity index (χ3v) is 4.34. The Labute approximate surface area is 122 Å². The van der Waals surface area contributed by atoms with Gasteiger partial charge in [-0.1, -0.05) is 30.3 Å². The summed E-state index contributed by atoms with van der Waals surface area (Å²) in [7, 11) is 0. The molecule has 0 unspecified atom stereocenters. The van der Waals surface area contributed by atoms with E-state index in [0.29, 0.717) is 6.54 Å². The summed E-state index contributed by atoms with van der Waals surface area (Å²) in [6, 6.07) is 7.63. The Bertz CT molecular complexity index is 506. The highest BCUT2D eigenvalue weighted by Gasteiger charge is 2.56. The molecule has 2 rings (SSSR count). The van der Waals surface area contributed by atoms with Crippen LogP contribution in [0.5, 0.6) is 0 Å². The minimum Gasteiger partial charge on any atom is -0.286 e. The number of hydrogen-bond acceptors (Lipinski definition) is 5. The van der Waals surface area contributed by atoms with Gasteiger partial charge in [0.05, 0.1) is 13.1 Å². The molecular weight excluding hydrogens is 274 g/mol. The van der Waals surface area contributed by atoms with Crippen molar-refractivity contribution in [3.05, 3.63) is 56.1 Å². The molecule has 1 fully saturated rings. The van der Waals surface area contributed by atoms with Crippen LogP contribution in [0.1, 0.15) is 19.4 Å². The fourth-order valence-corrected chi connectivity index (χ4v) is 2.90. The summed E-state index contributed by atoms with van der Waals surface area (Å²) in [6.07, 6.45) is 0. The van der Waals surface area contributed by atoms with E-state index in [1.54, 1.807) is 13.8 Å². The summed E-state index contributed by atoms with van der Waals surface area (Å²) in [5, 5.41) is 22.6. The second-order valence-corrected chi connectivity index (χ2v) is 6.10. The highest BCUT2D eigenvalue weighted by atomic mass is 16.6. The molecule has 0 aromatic heterocycles. The Morgan fingerprint density at radius 2 is 1.57 bits per heavy atom. The predicted octanol–water partition coefficient (Wildman–Crippen LogP) is 1.82. The molecule has 1 heterocycles. The van der Waals surface area contributed by atoms with Gasteiger partial charge < -0.3 is 0 Å². The third kappa shape index (κ3) is 3.18. The van der Waals surface area contributed by atoms with Crippen LogP contribution in [-0.4, -0.2) is 39.9 Å². The highest BCUT2D eigenvalue weighted by molar-refractivity contribution is 5.14. The zero-order chi connectivity index (χ0) is 15.6. The minimum atomic E-state index is -0.958. The fourth-order valence-electron chi connectivity index (χ4n) is 2.90. The molecule has 114 valence electrons. The van der Waals surface area contributed by atoms with Crippen LogP contribution >= 0.6 is 0 Å². The van der Waals surface area contributed by atoms with Gasteiger partial charge in [0.25, 0.3) is 0 Å². The summed E-state index contributed by atoms with van der Waals surface area (Å²) in [5.41, 5.74) is 0.0432. The molecule has 2 atom stereocenters. The summed E-state index contributed by atoms with van der Waals surface area (Å²) in [5.74, 6) is 0. The molecule has 0 aliphatic carbocycles. The third-order valence-electron chi connectivity index (χ3n) is 4.34. The van der Waals surface area contributed by atoms with Gasteiger partial charge in [0.1, 0.15) is 5.41 Å². The van der Waals surface area contributed by atoms with E-state index >= 15 is 0 Å². The van der Waals surface area contributed by atoms with Crippen LogP contribution in [0.3, 0.4) is 0 Å². The lowest BCUT2D eigenvalue weighted by molar-refractivity contribution is -0.599. The normalized spacial score (nSPS) is 25.4. The van der Waals surface area contributed by atoms with Crippen LogP contribution in [0.4, 0.5) is 0 Å². The standard InChI is InChI=1S/C14H19N3O4/c1-14(2)12(16(18)19)9-15(10-13(14)17(20)21)8-11-6-4-3-5-7-11/h3-7,12-13H,8-10H2,1-2H3/t12-,13+. The molecule has 0 radical (unpaired) electrons. The number of nitrogens with zero attached hydrogens (tertiary/aromatic N) is 3. The molecule has 1 aromatic carbocycles. The van der Waals surface area contributed by atoms with E-state index in [1.165, 1.54) is 0 Å². The maximum atomic E-state index is 11.3. The van der Waals surface area contributed by atoms with Gasteiger partial charge in [0.15, 0.2) is 0 Å². The van der Waals surface area contributed by atoms with Crippen molar-refractivity contribution in [2.45, 2.75) is 32.5 Å². The number of benzene rings is 1. The predicted molar refractivity (Wildman–Crippen MR) is 77.1 cm³/mol. The second kappa shape index (κ2) is 5.77. The van der Waals surface area contributed by atoms with Crippen LogP contribution in [0.25, 0.3) is 0 Å². The highest BCUT2D eigenvalue weighted by Crippen LogP contribution is 2.34. The Morgan fingerprint density at radius 1 is 1.10 bits per heavy atom. The Morgan fingerprint density at radius 3 is 2.00 bits per heavy atom. The van der Waals surface area contributed by atoms with E-state index in [0.717, 1.165) is 5.56 Å². The van der Waals surface area contributed by atoms with Crippen molar-refractivity contribution in [3.8, 4) is 0 Å². The maximum Gasteiger partial charge on any atom is 0.237 e. The van der Waals surface area contributed by atoms with E-state index in [1.807, 2.05) is 35.2 Å². The van der Waals surface area contributed by atoms with Crippen molar-refractivity contribution in [2.75, 3.05) is 13.1 Å². The number of likely N-dealkylation sites (tertiary alicyclic amines) is 1. The van der Waals surface area contributed by atoms with Crippen molar-refractivity contribution >= 4 is 0 Å². The van der Waals surface area contributed by atoms with E-state index in [9.17, 15) is 20.2 Å². The molecule has 1 aromatic rings. The van der Waals surface area contributed by atoms with Crippen molar-refractivity contribution in [3.63, 3.8) is 0 Å². The molecule has 0 bridgehead atoms. The average Bonchev–Trinajstić information content (AvgIpc) is 2.40. The van der Waals surface area contributed by atoms with Gasteiger partial charge in [-0.3, -0.25) is 25.1 Å². The average molecular weight is 293 g/mol. The zero-order valence-electron chi connectivity index (χ0n) is 12.1. The van der Waals surface area contributed by atoms with Gasteiger partial charge in [-0.05, 0) is 19.4 Å². The van der Waals surface area contributed by atoms with Crippen LogP contribution in [0.2, 0.25) is 0 Å². The fraction of sp³-hybridized carbons (Fsp3) is 0.571. The molecule has 1 aliphatic heterocycles. The van der Waals surface area contributed by atoms with Gasteiger partial charge in [-0.15, -0.1) is 0 Å². The van der Waals surface area contributed by atoms with Crippen molar-refractivity contribution in [1.29, 1.82) is 0 Å². The first kappa shape index (κ1) is 15.4. The molecule has 1 saturated heterocycles. The van der Waals surface area contributed by atoms with Crippen LogP contribution in [0.15, 0.2) is 30.3 Å². The zero-order valence-corrected chi connectivity index (χ0v) is 12.1. The van der Waals surface area contributed by atoms with Crippen molar-refractivity contribution in [1.82, 2.24) is 4.90 Å². The van der Waals surface area contributed by atoms with E-state index in [4.69, 9.17) is 0 Å². The van der Waals surface area contributed by atoms with Crippen molar-refractivity contribution < 1.29 is 9.85 Å². The molecule has 0 amide bonds. The number of hydrogen-bond donors (Lipinski definition) is 0. The molecule has 0 spiro atoms. The van der Waals surface area contributed by atoms with Crippen LogP contribution in [0, 0.1) is 25.6 Å². The summed E-state index contributed by atoms with van der Waals surface area (Å²) >= 11 is 0. The van der Waals surface area contributed by atoms with Crippen molar-refractivity contribution in [2.24, 2.45) is 5.41 Å². The lowest BCUT2D eigenvalue weighted by atomic mass is 9.74. The quantitative estimate of drug-likeness (QED) is 0.624. The molecule has 21 heavy (non-hydrogen) atoms. The van der Waals surface area contributed by atoms with Gasteiger partial charge in [-0.2, -0.15) is 0 Å². The number of nitro groups is 2.